The minimum atomic E-state index is -3.91. The molecule has 2 aromatic heterocycles. The Morgan fingerprint density at radius 2 is 2.24 bits per heavy atom. The molecule has 2 rings (SSSR count). The van der Waals surface area contributed by atoms with Crippen molar-refractivity contribution in [3.8, 4) is 0 Å². The molecular weight excluding hydrogens is 298 g/mol. The van der Waals surface area contributed by atoms with Crippen molar-refractivity contribution in [1.82, 2.24) is 20.0 Å². The number of rotatable bonds is 5. The number of nitrogens with zero attached hydrogens (tertiary/aromatic N) is 4. The average molecular weight is 311 g/mol. The van der Waals surface area contributed by atoms with Gasteiger partial charge < -0.3 is 4.74 Å². The van der Waals surface area contributed by atoms with Gasteiger partial charge in [0.25, 0.3) is 10.0 Å². The second-order valence-corrected chi connectivity index (χ2v) is 5.53. The van der Waals surface area contributed by atoms with Crippen LogP contribution in [0.25, 0.3) is 0 Å². The number of esters is 1. The molecule has 0 saturated carbocycles. The average Bonchev–Trinajstić information content (AvgIpc) is 2.96. The summed E-state index contributed by atoms with van der Waals surface area (Å²) in [6.45, 7) is 2.23. The van der Waals surface area contributed by atoms with E-state index in [4.69, 9.17) is 0 Å². The Kier molecular flexibility index (Phi) is 4.17. The fourth-order valence-electron chi connectivity index (χ4n) is 1.48. The minimum Gasteiger partial charge on any atom is -0.465 e. The van der Waals surface area contributed by atoms with Crippen molar-refractivity contribution in [1.29, 1.82) is 0 Å². The van der Waals surface area contributed by atoms with Gasteiger partial charge in [-0.1, -0.05) is 0 Å². The molecule has 2 aromatic rings. The molecule has 0 fully saturated rings. The summed E-state index contributed by atoms with van der Waals surface area (Å²) < 4.78 is 31.0. The molecule has 0 radical (unpaired) electrons. The lowest BCUT2D eigenvalue weighted by Crippen LogP contribution is -2.15. The predicted molar refractivity (Wildman–Crippen MR) is 72.1 cm³/mol. The second kappa shape index (κ2) is 5.87. The van der Waals surface area contributed by atoms with Gasteiger partial charge in [-0.05, 0) is 19.1 Å². The number of nitrogens with one attached hydrogen (secondary N) is 1. The first-order chi connectivity index (χ1) is 9.96. The second-order valence-electron chi connectivity index (χ2n) is 3.90. The van der Waals surface area contributed by atoms with E-state index in [-0.39, 0.29) is 16.4 Å². The molecular formula is C11H13N5O4S. The summed E-state index contributed by atoms with van der Waals surface area (Å²) in [5, 5.41) is 7.37. The van der Waals surface area contributed by atoms with Crippen LogP contribution in [0.3, 0.4) is 0 Å². The quantitative estimate of drug-likeness (QED) is 0.788. The smallest absolute Gasteiger partial charge is 0.338 e. The zero-order valence-corrected chi connectivity index (χ0v) is 12.2. The number of sulfonamides is 1. The molecule has 0 aliphatic carbocycles. The largest absolute Gasteiger partial charge is 0.465 e. The standard InChI is InChI=1S/C11H13N5O4S/c1-3-16-13-7-10(14-16)21(18,19)15-9-6-8(4-5-12-9)11(17)20-2/h4-7H,3H2,1-2H3,(H,12,15). The Morgan fingerprint density at radius 1 is 1.48 bits per heavy atom. The first kappa shape index (κ1) is 14.9. The fraction of sp³-hybridized carbons (Fsp3) is 0.273. The summed E-state index contributed by atoms with van der Waals surface area (Å²) in [6.07, 6.45) is 2.43. The van der Waals surface area contributed by atoms with Gasteiger partial charge in [-0.15, -0.1) is 5.10 Å². The molecule has 9 nitrogen and oxygen atoms in total. The lowest BCUT2D eigenvalue weighted by Gasteiger charge is -2.05. The highest BCUT2D eigenvalue weighted by Gasteiger charge is 2.19. The van der Waals surface area contributed by atoms with Crippen LogP contribution in [0.2, 0.25) is 0 Å². The number of aromatic nitrogens is 4. The highest BCUT2D eigenvalue weighted by Crippen LogP contribution is 2.13. The maximum atomic E-state index is 12.1. The van der Waals surface area contributed by atoms with Crippen LogP contribution in [0.5, 0.6) is 0 Å². The zero-order chi connectivity index (χ0) is 15.5. The van der Waals surface area contributed by atoms with Gasteiger partial charge in [-0.25, -0.2) is 9.78 Å². The Balaban J connectivity index is 2.26. The van der Waals surface area contributed by atoms with Crippen LogP contribution in [0.15, 0.2) is 29.6 Å². The van der Waals surface area contributed by atoms with E-state index in [1.165, 1.54) is 30.2 Å². The maximum absolute atomic E-state index is 12.1. The van der Waals surface area contributed by atoms with Crippen LogP contribution in [0.1, 0.15) is 17.3 Å². The Hall–Kier alpha value is -2.49. The molecule has 0 amide bonds. The number of methoxy groups -OCH3 is 1. The third-order valence-electron chi connectivity index (χ3n) is 2.49. The summed E-state index contributed by atoms with van der Waals surface area (Å²) in [4.78, 5) is 16.5. The normalized spacial score (nSPS) is 11.1. The molecule has 0 aliphatic heterocycles. The van der Waals surface area contributed by atoms with E-state index < -0.39 is 16.0 Å². The number of aryl methyl sites for hydroxylation is 1. The Bertz CT molecular complexity index is 755. The van der Waals surface area contributed by atoms with E-state index in [1.54, 1.807) is 6.92 Å². The number of ether oxygens (including phenoxy) is 1. The molecule has 0 aromatic carbocycles. The summed E-state index contributed by atoms with van der Waals surface area (Å²) in [5.74, 6) is -0.598. The van der Waals surface area contributed by atoms with Gasteiger partial charge >= 0.3 is 5.97 Å². The van der Waals surface area contributed by atoms with Crippen molar-refractivity contribution < 1.29 is 17.9 Å². The zero-order valence-electron chi connectivity index (χ0n) is 11.3. The van der Waals surface area contributed by atoms with Gasteiger partial charge in [0.2, 0.25) is 5.03 Å². The molecule has 0 bridgehead atoms. The van der Waals surface area contributed by atoms with Crippen molar-refractivity contribution in [3.05, 3.63) is 30.1 Å². The summed E-state index contributed by atoms with van der Waals surface area (Å²) in [5.41, 5.74) is 0.183. The molecule has 10 heteroatoms. The number of hydrogen-bond acceptors (Lipinski definition) is 7. The van der Waals surface area contributed by atoms with E-state index in [0.29, 0.717) is 6.54 Å². The van der Waals surface area contributed by atoms with Crippen LogP contribution in [0.4, 0.5) is 5.82 Å². The maximum Gasteiger partial charge on any atom is 0.338 e. The molecule has 0 saturated heterocycles. The summed E-state index contributed by atoms with van der Waals surface area (Å²) in [7, 11) is -2.68. The first-order valence-corrected chi connectivity index (χ1v) is 7.42. The highest BCUT2D eigenvalue weighted by atomic mass is 32.2. The van der Waals surface area contributed by atoms with Crippen molar-refractivity contribution in [3.63, 3.8) is 0 Å². The van der Waals surface area contributed by atoms with E-state index in [2.05, 4.69) is 24.6 Å². The fourth-order valence-corrected chi connectivity index (χ4v) is 2.36. The van der Waals surface area contributed by atoms with Gasteiger partial charge in [0.05, 0.1) is 25.4 Å². The summed E-state index contributed by atoms with van der Waals surface area (Å²) in [6, 6.07) is 2.69. The van der Waals surface area contributed by atoms with E-state index in [0.717, 1.165) is 6.20 Å². The molecule has 112 valence electrons. The summed E-state index contributed by atoms with van der Waals surface area (Å²) >= 11 is 0. The van der Waals surface area contributed by atoms with Crippen LogP contribution < -0.4 is 4.72 Å². The number of carbonyl (C=O) groups is 1. The van der Waals surface area contributed by atoms with Crippen LogP contribution in [-0.4, -0.2) is 41.5 Å². The molecule has 1 N–H and O–H groups in total. The third kappa shape index (κ3) is 3.34. The van der Waals surface area contributed by atoms with Crippen molar-refractivity contribution in [2.45, 2.75) is 18.5 Å². The van der Waals surface area contributed by atoms with Gasteiger partial charge in [0.1, 0.15) is 5.82 Å². The number of anilines is 1. The van der Waals surface area contributed by atoms with Gasteiger partial charge in [-0.2, -0.15) is 18.3 Å². The molecule has 0 atom stereocenters. The van der Waals surface area contributed by atoms with Crippen molar-refractivity contribution in [2.75, 3.05) is 11.8 Å². The van der Waals surface area contributed by atoms with Crippen molar-refractivity contribution in [2.24, 2.45) is 0 Å². The molecule has 0 spiro atoms. The van der Waals surface area contributed by atoms with Crippen LogP contribution in [0, 0.1) is 0 Å². The Labute approximate surface area is 121 Å². The van der Waals surface area contributed by atoms with E-state index in [9.17, 15) is 13.2 Å². The van der Waals surface area contributed by atoms with E-state index in [1.807, 2.05) is 0 Å². The van der Waals surface area contributed by atoms with E-state index >= 15 is 0 Å². The molecule has 21 heavy (non-hydrogen) atoms. The van der Waals surface area contributed by atoms with Crippen LogP contribution in [-0.2, 0) is 21.3 Å². The minimum absolute atomic E-state index is 0.0102. The number of carbonyl (C=O) groups excluding carboxylic acids is 1. The monoisotopic (exact) mass is 311 g/mol. The first-order valence-electron chi connectivity index (χ1n) is 5.93. The topological polar surface area (TPSA) is 116 Å². The molecule has 2 heterocycles. The van der Waals surface area contributed by atoms with Gasteiger partial charge in [-0.3, -0.25) is 4.72 Å². The lowest BCUT2D eigenvalue weighted by molar-refractivity contribution is 0.0600. The number of pyridine rings is 1. The SMILES string of the molecule is CCn1ncc(S(=O)(=O)Nc2cc(C(=O)OC)ccn2)n1. The molecule has 0 aliphatic rings. The molecule has 0 unspecified atom stereocenters. The Morgan fingerprint density at radius 3 is 2.86 bits per heavy atom. The predicted octanol–water partition coefficient (Wildman–Crippen LogP) is 0.280. The highest BCUT2D eigenvalue weighted by molar-refractivity contribution is 7.92. The van der Waals surface area contributed by atoms with Crippen molar-refractivity contribution >= 4 is 21.8 Å². The number of hydrogen-bond donors (Lipinski definition) is 1. The third-order valence-corrected chi connectivity index (χ3v) is 3.71. The van der Waals surface area contributed by atoms with Gasteiger partial charge in [0, 0.05) is 6.20 Å². The lowest BCUT2D eigenvalue weighted by atomic mass is 10.3. The van der Waals surface area contributed by atoms with Crippen LogP contribution >= 0.6 is 0 Å². The van der Waals surface area contributed by atoms with Gasteiger partial charge in [0.15, 0.2) is 0 Å².